The molecule has 1 heterocycles. The molecule has 19 heavy (non-hydrogen) atoms. The third-order valence-corrected chi connectivity index (χ3v) is 3.95. The van der Waals surface area contributed by atoms with Crippen molar-refractivity contribution >= 4 is 29.3 Å². The van der Waals surface area contributed by atoms with E-state index in [2.05, 4.69) is 4.98 Å². The molecule has 0 aliphatic rings. The first-order valence-electron chi connectivity index (χ1n) is 5.63. The predicted octanol–water partition coefficient (Wildman–Crippen LogP) is 4.03. The van der Waals surface area contributed by atoms with Crippen molar-refractivity contribution in [3.05, 3.63) is 58.4 Å². The van der Waals surface area contributed by atoms with Crippen LogP contribution in [0.25, 0.3) is 0 Å². The SMILES string of the molecule is Cc1ccc(CSc2ccnc(C(=O)O)c2)c(Cl)c1. The first-order valence-corrected chi connectivity index (χ1v) is 7.00. The van der Waals surface area contributed by atoms with E-state index in [4.69, 9.17) is 16.7 Å². The molecule has 2 rings (SSSR count). The molecule has 1 aromatic carbocycles. The van der Waals surface area contributed by atoms with Crippen LogP contribution in [-0.4, -0.2) is 16.1 Å². The lowest BCUT2D eigenvalue weighted by Gasteiger charge is -2.05. The minimum Gasteiger partial charge on any atom is -0.477 e. The van der Waals surface area contributed by atoms with E-state index in [1.54, 1.807) is 12.1 Å². The number of thioether (sulfide) groups is 1. The van der Waals surface area contributed by atoms with Gasteiger partial charge in [0.1, 0.15) is 5.69 Å². The highest BCUT2D eigenvalue weighted by atomic mass is 35.5. The quantitative estimate of drug-likeness (QED) is 0.865. The monoisotopic (exact) mass is 293 g/mol. The lowest BCUT2D eigenvalue weighted by molar-refractivity contribution is 0.0690. The maximum Gasteiger partial charge on any atom is 0.354 e. The Morgan fingerprint density at radius 2 is 2.16 bits per heavy atom. The minimum atomic E-state index is -1.02. The molecule has 5 heteroatoms. The summed E-state index contributed by atoms with van der Waals surface area (Å²) in [5.74, 6) is -0.321. The Morgan fingerprint density at radius 3 is 2.84 bits per heavy atom. The second kappa shape index (κ2) is 6.08. The van der Waals surface area contributed by atoms with E-state index in [9.17, 15) is 4.79 Å². The third-order valence-electron chi connectivity index (χ3n) is 2.55. The zero-order chi connectivity index (χ0) is 13.8. The van der Waals surface area contributed by atoms with Gasteiger partial charge in [0.25, 0.3) is 0 Å². The van der Waals surface area contributed by atoms with Gasteiger partial charge in [0.2, 0.25) is 0 Å². The van der Waals surface area contributed by atoms with Crippen LogP contribution in [0.3, 0.4) is 0 Å². The molecular weight excluding hydrogens is 282 g/mol. The van der Waals surface area contributed by atoms with Gasteiger partial charge in [0, 0.05) is 21.9 Å². The van der Waals surface area contributed by atoms with Gasteiger partial charge in [-0.1, -0.05) is 23.7 Å². The van der Waals surface area contributed by atoms with Crippen molar-refractivity contribution in [1.29, 1.82) is 0 Å². The van der Waals surface area contributed by atoms with E-state index >= 15 is 0 Å². The second-order valence-electron chi connectivity index (χ2n) is 4.07. The van der Waals surface area contributed by atoms with Gasteiger partial charge in [0.05, 0.1) is 0 Å². The highest BCUT2D eigenvalue weighted by Crippen LogP contribution is 2.27. The fourth-order valence-electron chi connectivity index (χ4n) is 1.55. The van der Waals surface area contributed by atoms with Crippen LogP contribution in [0.4, 0.5) is 0 Å². The number of carboxylic acid groups (broad SMARTS) is 1. The van der Waals surface area contributed by atoms with Gasteiger partial charge in [-0.2, -0.15) is 0 Å². The minimum absolute atomic E-state index is 0.0556. The van der Waals surface area contributed by atoms with Crippen LogP contribution in [0, 0.1) is 6.92 Å². The number of hydrogen-bond acceptors (Lipinski definition) is 3. The molecule has 0 saturated heterocycles. The molecule has 1 N–H and O–H groups in total. The number of aryl methyl sites for hydroxylation is 1. The summed E-state index contributed by atoms with van der Waals surface area (Å²) < 4.78 is 0. The molecule has 0 atom stereocenters. The maximum absolute atomic E-state index is 10.8. The molecule has 0 unspecified atom stereocenters. The molecule has 0 radical (unpaired) electrons. The highest BCUT2D eigenvalue weighted by molar-refractivity contribution is 7.98. The Bertz CT molecular complexity index is 616. The van der Waals surface area contributed by atoms with Crippen LogP contribution >= 0.6 is 23.4 Å². The third kappa shape index (κ3) is 3.72. The molecule has 0 saturated carbocycles. The Kier molecular flexibility index (Phi) is 4.45. The average Bonchev–Trinajstić information content (AvgIpc) is 2.38. The van der Waals surface area contributed by atoms with Gasteiger partial charge in [0.15, 0.2) is 0 Å². The molecule has 0 aliphatic heterocycles. The summed E-state index contributed by atoms with van der Waals surface area (Å²) in [5, 5.41) is 9.61. The van der Waals surface area contributed by atoms with Crippen molar-refractivity contribution in [2.24, 2.45) is 0 Å². The predicted molar refractivity (Wildman–Crippen MR) is 76.9 cm³/mol. The summed E-state index contributed by atoms with van der Waals surface area (Å²) in [4.78, 5) is 15.5. The topological polar surface area (TPSA) is 50.2 Å². The number of hydrogen-bond donors (Lipinski definition) is 1. The summed E-state index contributed by atoms with van der Waals surface area (Å²) in [5.41, 5.74) is 2.21. The van der Waals surface area contributed by atoms with Crippen molar-refractivity contribution in [1.82, 2.24) is 4.98 Å². The van der Waals surface area contributed by atoms with Crippen molar-refractivity contribution in [2.45, 2.75) is 17.6 Å². The first kappa shape index (κ1) is 13.9. The van der Waals surface area contributed by atoms with E-state index in [1.165, 1.54) is 18.0 Å². The largest absolute Gasteiger partial charge is 0.477 e. The Labute approximate surface area is 120 Å². The fourth-order valence-corrected chi connectivity index (χ4v) is 2.86. The van der Waals surface area contributed by atoms with Gasteiger partial charge >= 0.3 is 5.97 Å². The molecular formula is C14H12ClNO2S. The Hall–Kier alpha value is -1.52. The number of rotatable bonds is 4. The van der Waals surface area contributed by atoms with E-state index in [-0.39, 0.29) is 5.69 Å². The Balaban J connectivity index is 2.10. The second-order valence-corrected chi connectivity index (χ2v) is 5.52. The number of nitrogens with zero attached hydrogens (tertiary/aromatic N) is 1. The van der Waals surface area contributed by atoms with Crippen molar-refractivity contribution in [2.75, 3.05) is 0 Å². The van der Waals surface area contributed by atoms with Gasteiger partial charge < -0.3 is 5.11 Å². The molecule has 1 aromatic heterocycles. The maximum atomic E-state index is 10.8. The molecule has 3 nitrogen and oxygen atoms in total. The number of benzene rings is 1. The number of pyridine rings is 1. The van der Waals surface area contributed by atoms with Gasteiger partial charge in [-0.3, -0.25) is 0 Å². The van der Waals surface area contributed by atoms with Gasteiger partial charge in [-0.25, -0.2) is 9.78 Å². The Morgan fingerprint density at radius 1 is 1.37 bits per heavy atom. The molecule has 0 bridgehead atoms. The molecule has 0 fully saturated rings. The zero-order valence-corrected chi connectivity index (χ0v) is 11.8. The smallest absolute Gasteiger partial charge is 0.354 e. The summed E-state index contributed by atoms with van der Waals surface area (Å²) in [6, 6.07) is 9.28. The van der Waals surface area contributed by atoms with Crippen molar-refractivity contribution < 1.29 is 9.90 Å². The van der Waals surface area contributed by atoms with Crippen LogP contribution < -0.4 is 0 Å². The summed E-state index contributed by atoms with van der Waals surface area (Å²) in [6.07, 6.45) is 1.50. The molecule has 2 aromatic rings. The van der Waals surface area contributed by atoms with Crippen molar-refractivity contribution in [3.63, 3.8) is 0 Å². The molecule has 0 aliphatic carbocycles. The van der Waals surface area contributed by atoms with Crippen LogP contribution in [-0.2, 0) is 5.75 Å². The summed E-state index contributed by atoms with van der Waals surface area (Å²) in [6.45, 7) is 1.99. The van der Waals surface area contributed by atoms with E-state index in [1.807, 2.05) is 25.1 Å². The number of aromatic nitrogens is 1. The first-order chi connectivity index (χ1) is 9.06. The number of carboxylic acids is 1. The van der Waals surface area contributed by atoms with Crippen LogP contribution in [0.1, 0.15) is 21.6 Å². The normalized spacial score (nSPS) is 10.4. The van der Waals surface area contributed by atoms with E-state index in [0.29, 0.717) is 5.75 Å². The lowest BCUT2D eigenvalue weighted by atomic mass is 10.2. The summed E-state index contributed by atoms with van der Waals surface area (Å²) >= 11 is 7.70. The van der Waals surface area contributed by atoms with Crippen molar-refractivity contribution in [3.8, 4) is 0 Å². The number of carbonyl (C=O) groups is 1. The lowest BCUT2D eigenvalue weighted by Crippen LogP contribution is -1.99. The van der Waals surface area contributed by atoms with Crippen LogP contribution in [0.15, 0.2) is 41.4 Å². The van der Waals surface area contributed by atoms with Gasteiger partial charge in [-0.05, 0) is 36.2 Å². The number of halogens is 1. The average molecular weight is 294 g/mol. The summed E-state index contributed by atoms with van der Waals surface area (Å²) in [7, 11) is 0. The molecule has 0 spiro atoms. The van der Waals surface area contributed by atoms with Gasteiger partial charge in [-0.15, -0.1) is 11.8 Å². The van der Waals surface area contributed by atoms with Crippen LogP contribution in [0.5, 0.6) is 0 Å². The standard InChI is InChI=1S/C14H12ClNO2S/c1-9-2-3-10(12(15)6-9)8-19-11-4-5-16-13(7-11)14(17)18/h2-7H,8H2,1H3,(H,17,18). The highest BCUT2D eigenvalue weighted by Gasteiger charge is 2.06. The van der Waals surface area contributed by atoms with E-state index in [0.717, 1.165) is 21.0 Å². The van der Waals surface area contributed by atoms with Crippen LogP contribution in [0.2, 0.25) is 5.02 Å². The fraction of sp³-hybridized carbons (Fsp3) is 0.143. The number of aromatic carboxylic acids is 1. The zero-order valence-electron chi connectivity index (χ0n) is 10.3. The molecule has 98 valence electrons. The molecule has 0 amide bonds. The van der Waals surface area contributed by atoms with E-state index < -0.39 is 5.97 Å².